The summed E-state index contributed by atoms with van der Waals surface area (Å²) in [6, 6.07) is 15.1. The van der Waals surface area contributed by atoms with Gasteiger partial charge in [0.05, 0.1) is 28.9 Å². The van der Waals surface area contributed by atoms with Crippen LogP contribution >= 0.6 is 15.9 Å². The second kappa shape index (κ2) is 13.9. The number of methoxy groups -OCH3 is 1. The number of ether oxygens (including phenoxy) is 2. The molecule has 1 aliphatic heterocycles. The van der Waals surface area contributed by atoms with E-state index < -0.39 is 23.5 Å². The van der Waals surface area contributed by atoms with Crippen LogP contribution in [-0.2, 0) is 9.53 Å². The summed E-state index contributed by atoms with van der Waals surface area (Å²) in [6.07, 6.45) is 3.53. The van der Waals surface area contributed by atoms with Gasteiger partial charge in [-0.25, -0.2) is 19.0 Å². The van der Waals surface area contributed by atoms with Crippen LogP contribution in [0.4, 0.5) is 15.0 Å². The number of aliphatic carboxylic acids is 1. The van der Waals surface area contributed by atoms with Crippen LogP contribution in [0.3, 0.4) is 0 Å². The zero-order valence-corrected chi connectivity index (χ0v) is 26.5. The molecular weight excluding hydrogens is 631 g/mol. The number of nitrogens with one attached hydrogen (secondary N) is 1. The maximum atomic E-state index is 14.5. The minimum atomic E-state index is -1.03. The number of anilines is 1. The third kappa shape index (κ3) is 8.14. The lowest BCUT2D eigenvalue weighted by molar-refractivity contribution is -0.131. The van der Waals surface area contributed by atoms with E-state index in [0.717, 1.165) is 30.0 Å². The standard InChI is InChI=1S/C33H34BrFN4O5/c1-33(2,3)44-32(42)38-30(21-8-5-20(6-9-21)7-12-28(40)41)22-13-15-39(16-14-22)27-18-26(43-4)29(34)31(37-27)23-10-11-24(19-36)25(35)17-23/h5-12,17-18,22,30H,13-16H2,1-4H3,(H,38,42)(H,40,41)/b12-7+. The molecule has 4 rings (SSSR count). The van der Waals surface area contributed by atoms with Gasteiger partial charge in [-0.1, -0.05) is 30.3 Å². The SMILES string of the molecule is COc1cc(N2CCC(C(NC(=O)OC(C)(C)C)c3ccc(/C=C/C(=O)O)cc3)CC2)nc(-c2ccc(C#N)c(F)c2)c1Br. The summed E-state index contributed by atoms with van der Waals surface area (Å²) in [5.41, 5.74) is 1.91. The number of rotatable bonds is 8. The van der Waals surface area contributed by atoms with Gasteiger partial charge in [0, 0.05) is 30.8 Å². The molecule has 0 radical (unpaired) electrons. The van der Waals surface area contributed by atoms with Gasteiger partial charge in [-0.15, -0.1) is 0 Å². The van der Waals surface area contributed by atoms with Crippen molar-refractivity contribution in [1.82, 2.24) is 10.3 Å². The molecule has 0 bridgehead atoms. The molecule has 0 aliphatic carbocycles. The molecule has 1 atom stereocenters. The van der Waals surface area contributed by atoms with Crippen molar-refractivity contribution < 1.29 is 28.6 Å². The molecule has 1 fully saturated rings. The van der Waals surface area contributed by atoms with E-state index in [0.29, 0.717) is 40.4 Å². The van der Waals surface area contributed by atoms with E-state index >= 15 is 0 Å². The second-order valence-corrected chi connectivity index (χ2v) is 12.2. The first kappa shape index (κ1) is 32.5. The second-order valence-electron chi connectivity index (χ2n) is 11.4. The summed E-state index contributed by atoms with van der Waals surface area (Å²) in [7, 11) is 1.55. The Morgan fingerprint density at radius 3 is 2.43 bits per heavy atom. The highest BCUT2D eigenvalue weighted by molar-refractivity contribution is 9.10. The van der Waals surface area contributed by atoms with Gasteiger partial charge in [0.15, 0.2) is 0 Å². The predicted octanol–water partition coefficient (Wildman–Crippen LogP) is 7.11. The third-order valence-corrected chi connectivity index (χ3v) is 7.98. The van der Waals surface area contributed by atoms with Crippen LogP contribution in [0.25, 0.3) is 17.3 Å². The number of hydrogen-bond donors (Lipinski definition) is 2. The zero-order valence-electron chi connectivity index (χ0n) is 24.9. The van der Waals surface area contributed by atoms with Gasteiger partial charge in [0.1, 0.15) is 29.1 Å². The lowest BCUT2D eigenvalue weighted by atomic mass is 9.85. The quantitative estimate of drug-likeness (QED) is 0.244. The van der Waals surface area contributed by atoms with Gasteiger partial charge < -0.3 is 24.8 Å². The van der Waals surface area contributed by atoms with Crippen molar-refractivity contribution in [2.75, 3.05) is 25.1 Å². The Balaban J connectivity index is 1.58. The molecule has 1 amide bonds. The molecule has 1 aliphatic rings. The number of carboxylic acid groups (broad SMARTS) is 1. The number of nitrogens with zero attached hydrogens (tertiary/aromatic N) is 3. The van der Waals surface area contributed by atoms with Gasteiger partial charge in [-0.3, -0.25) is 0 Å². The fourth-order valence-corrected chi connectivity index (χ4v) is 5.69. The van der Waals surface area contributed by atoms with Crippen molar-refractivity contribution in [3.8, 4) is 23.1 Å². The molecular formula is C33H34BrFN4O5. The van der Waals surface area contributed by atoms with Crippen LogP contribution in [0.15, 0.2) is 59.1 Å². The smallest absolute Gasteiger partial charge is 0.408 e. The summed E-state index contributed by atoms with van der Waals surface area (Å²) >= 11 is 3.54. The van der Waals surface area contributed by atoms with Gasteiger partial charge in [-0.2, -0.15) is 5.26 Å². The fraction of sp³-hybridized carbons (Fsp3) is 0.333. The molecule has 0 saturated carbocycles. The van der Waals surface area contributed by atoms with Crippen molar-refractivity contribution in [3.63, 3.8) is 0 Å². The van der Waals surface area contributed by atoms with Gasteiger partial charge in [0.2, 0.25) is 0 Å². The molecule has 3 aromatic rings. The van der Waals surface area contributed by atoms with E-state index in [9.17, 15) is 14.0 Å². The van der Waals surface area contributed by atoms with Crippen LogP contribution in [-0.4, -0.2) is 48.0 Å². The molecule has 44 heavy (non-hydrogen) atoms. The predicted molar refractivity (Wildman–Crippen MR) is 169 cm³/mol. The Labute approximate surface area is 264 Å². The summed E-state index contributed by atoms with van der Waals surface area (Å²) in [5, 5.41) is 21.1. The molecule has 0 spiro atoms. The fourth-order valence-electron chi connectivity index (χ4n) is 5.10. The highest BCUT2D eigenvalue weighted by Crippen LogP contribution is 2.39. The summed E-state index contributed by atoms with van der Waals surface area (Å²) in [6.45, 7) is 6.70. The molecule has 9 nitrogen and oxygen atoms in total. The molecule has 1 aromatic heterocycles. The number of benzene rings is 2. The van der Waals surface area contributed by atoms with Crippen molar-refractivity contribution in [1.29, 1.82) is 5.26 Å². The lowest BCUT2D eigenvalue weighted by Gasteiger charge is -2.37. The topological polar surface area (TPSA) is 125 Å². The van der Waals surface area contributed by atoms with Gasteiger partial charge in [-0.05, 0) is 84.8 Å². The van der Waals surface area contributed by atoms with E-state index in [-0.39, 0.29) is 17.5 Å². The average Bonchev–Trinajstić information content (AvgIpc) is 2.98. The van der Waals surface area contributed by atoms with Gasteiger partial charge >= 0.3 is 12.1 Å². The molecule has 2 aromatic carbocycles. The van der Waals surface area contributed by atoms with Crippen molar-refractivity contribution >= 4 is 39.9 Å². The van der Waals surface area contributed by atoms with E-state index in [1.54, 1.807) is 13.2 Å². The summed E-state index contributed by atoms with van der Waals surface area (Å²) in [5.74, 6) is -0.380. The van der Waals surface area contributed by atoms with E-state index in [4.69, 9.17) is 24.8 Å². The van der Waals surface area contributed by atoms with E-state index in [1.165, 1.54) is 18.2 Å². The minimum absolute atomic E-state index is 0.0454. The van der Waals surface area contributed by atoms with Crippen LogP contribution in [0, 0.1) is 23.1 Å². The number of carbonyl (C=O) groups is 2. The molecule has 230 valence electrons. The maximum Gasteiger partial charge on any atom is 0.408 e. The Kier molecular flexibility index (Phi) is 10.3. The summed E-state index contributed by atoms with van der Waals surface area (Å²) in [4.78, 5) is 30.7. The maximum absolute atomic E-state index is 14.5. The van der Waals surface area contributed by atoms with Crippen LogP contribution in [0.5, 0.6) is 5.75 Å². The number of amides is 1. The number of halogens is 2. The molecule has 2 N–H and O–H groups in total. The van der Waals surface area contributed by atoms with E-state index in [1.807, 2.05) is 57.2 Å². The molecule has 1 unspecified atom stereocenters. The largest absolute Gasteiger partial charge is 0.495 e. The highest BCUT2D eigenvalue weighted by atomic mass is 79.9. The number of carbonyl (C=O) groups excluding carboxylic acids is 1. The lowest BCUT2D eigenvalue weighted by Crippen LogP contribution is -2.42. The van der Waals surface area contributed by atoms with Crippen molar-refractivity contribution in [3.05, 3.63) is 81.6 Å². The number of hydrogen-bond acceptors (Lipinski definition) is 7. The normalized spacial score (nSPS) is 14.6. The first-order chi connectivity index (χ1) is 20.9. The monoisotopic (exact) mass is 664 g/mol. The Morgan fingerprint density at radius 1 is 1.18 bits per heavy atom. The highest BCUT2D eigenvalue weighted by Gasteiger charge is 2.31. The Bertz CT molecular complexity index is 1590. The van der Waals surface area contributed by atoms with Crippen LogP contribution < -0.4 is 15.0 Å². The Hall–Kier alpha value is -4.43. The average molecular weight is 666 g/mol. The van der Waals surface area contributed by atoms with Crippen molar-refractivity contribution in [2.45, 2.75) is 45.3 Å². The van der Waals surface area contributed by atoms with Gasteiger partial charge in [0.25, 0.3) is 0 Å². The number of pyridine rings is 1. The van der Waals surface area contributed by atoms with Crippen LogP contribution in [0.1, 0.15) is 56.3 Å². The first-order valence-corrected chi connectivity index (χ1v) is 14.9. The number of nitriles is 1. The van der Waals surface area contributed by atoms with Crippen molar-refractivity contribution in [2.24, 2.45) is 5.92 Å². The number of piperidine rings is 1. The summed E-state index contributed by atoms with van der Waals surface area (Å²) < 4.78 is 26.2. The molecule has 2 heterocycles. The number of alkyl carbamates (subject to hydrolysis) is 1. The van der Waals surface area contributed by atoms with Crippen LogP contribution in [0.2, 0.25) is 0 Å². The minimum Gasteiger partial charge on any atom is -0.495 e. The number of aromatic nitrogens is 1. The first-order valence-electron chi connectivity index (χ1n) is 14.1. The Morgan fingerprint density at radius 2 is 1.86 bits per heavy atom. The molecule has 1 saturated heterocycles. The van der Waals surface area contributed by atoms with E-state index in [2.05, 4.69) is 26.1 Å². The number of carboxylic acids is 1. The zero-order chi connectivity index (χ0) is 32.0. The third-order valence-electron chi connectivity index (χ3n) is 7.21. The molecule has 11 heteroatoms.